The van der Waals surface area contributed by atoms with Gasteiger partial charge < -0.3 is 4.90 Å². The molecule has 1 unspecified atom stereocenters. The zero-order chi connectivity index (χ0) is 21.5. The third-order valence-electron chi connectivity index (χ3n) is 6.15. The number of nitrogens with zero attached hydrogens (tertiary/aromatic N) is 3. The van der Waals surface area contributed by atoms with E-state index in [1.807, 2.05) is 23.1 Å². The van der Waals surface area contributed by atoms with E-state index in [0.29, 0.717) is 11.7 Å². The van der Waals surface area contributed by atoms with Crippen LogP contribution in [0.1, 0.15) is 35.8 Å². The van der Waals surface area contributed by atoms with E-state index < -0.39 is 0 Å². The van der Waals surface area contributed by atoms with Crippen LogP contribution < -0.4 is 10.5 Å². The van der Waals surface area contributed by atoms with Gasteiger partial charge in [-0.3, -0.25) is 14.2 Å². The lowest BCUT2D eigenvalue weighted by Gasteiger charge is -2.22. The minimum atomic E-state index is -0.000801. The minimum Gasteiger partial charge on any atom is -0.308 e. The highest BCUT2D eigenvalue weighted by Gasteiger charge is 2.31. The molecule has 3 aromatic rings. The molecule has 5 rings (SSSR count). The number of fused-ring (bicyclic) bond motifs is 4. The summed E-state index contributed by atoms with van der Waals surface area (Å²) in [5.74, 6) is 0.297. The lowest BCUT2D eigenvalue weighted by molar-refractivity contribution is -0.116. The van der Waals surface area contributed by atoms with Crippen LogP contribution >= 0.6 is 23.1 Å². The largest absolute Gasteiger partial charge is 0.308 e. The number of thiophene rings is 1. The number of aryl methyl sites for hydroxylation is 2. The molecule has 0 saturated heterocycles. The molecule has 31 heavy (non-hydrogen) atoms. The van der Waals surface area contributed by atoms with Crippen LogP contribution in [0.5, 0.6) is 0 Å². The van der Waals surface area contributed by atoms with Crippen molar-refractivity contribution in [3.8, 4) is 0 Å². The third kappa shape index (κ3) is 3.53. The van der Waals surface area contributed by atoms with E-state index in [0.717, 1.165) is 41.6 Å². The van der Waals surface area contributed by atoms with Crippen LogP contribution in [0.2, 0.25) is 0 Å². The molecular formula is C24H25N3O2S2. The normalized spacial score (nSPS) is 17.6. The first-order chi connectivity index (χ1) is 15.1. The number of rotatable bonds is 5. The van der Waals surface area contributed by atoms with Gasteiger partial charge in [0, 0.05) is 23.2 Å². The number of hydrogen-bond donors (Lipinski definition) is 0. The van der Waals surface area contributed by atoms with Crippen molar-refractivity contribution in [2.24, 2.45) is 0 Å². The van der Waals surface area contributed by atoms with Gasteiger partial charge in [0.1, 0.15) is 4.83 Å². The van der Waals surface area contributed by atoms with Gasteiger partial charge in [-0.25, -0.2) is 4.98 Å². The molecule has 1 amide bonds. The lowest BCUT2D eigenvalue weighted by Crippen LogP contribution is -2.37. The van der Waals surface area contributed by atoms with Crippen molar-refractivity contribution in [2.45, 2.75) is 56.8 Å². The molecule has 160 valence electrons. The molecule has 1 aromatic carbocycles. The highest BCUT2D eigenvalue weighted by atomic mass is 32.2. The van der Waals surface area contributed by atoms with E-state index in [4.69, 9.17) is 4.98 Å². The molecule has 2 aromatic heterocycles. The molecular weight excluding hydrogens is 426 g/mol. The molecule has 3 heterocycles. The summed E-state index contributed by atoms with van der Waals surface area (Å²) in [4.78, 5) is 35.4. The van der Waals surface area contributed by atoms with Crippen molar-refractivity contribution in [2.75, 3.05) is 10.7 Å². The summed E-state index contributed by atoms with van der Waals surface area (Å²) in [6, 6.07) is 8.22. The Morgan fingerprint density at radius 2 is 2.13 bits per heavy atom. The number of para-hydroxylation sites is 1. The van der Waals surface area contributed by atoms with Crippen molar-refractivity contribution in [3.05, 3.63) is 63.3 Å². The Morgan fingerprint density at radius 1 is 1.32 bits per heavy atom. The number of benzene rings is 1. The molecule has 0 radical (unpaired) electrons. The van der Waals surface area contributed by atoms with Gasteiger partial charge in [0.15, 0.2) is 5.16 Å². The number of hydrogen-bond acceptors (Lipinski definition) is 5. The average molecular weight is 452 g/mol. The average Bonchev–Trinajstić information content (AvgIpc) is 3.31. The van der Waals surface area contributed by atoms with Crippen LogP contribution in [0.15, 0.2) is 46.9 Å². The summed E-state index contributed by atoms with van der Waals surface area (Å²) >= 11 is 3.00. The van der Waals surface area contributed by atoms with Gasteiger partial charge in [0.25, 0.3) is 5.56 Å². The minimum absolute atomic E-state index is 0.000801. The summed E-state index contributed by atoms with van der Waals surface area (Å²) in [6.07, 6.45) is 6.88. The van der Waals surface area contributed by atoms with Crippen LogP contribution in [-0.4, -0.2) is 27.3 Å². The first-order valence-corrected chi connectivity index (χ1v) is 12.6. The van der Waals surface area contributed by atoms with Gasteiger partial charge >= 0.3 is 0 Å². The summed E-state index contributed by atoms with van der Waals surface area (Å²) in [7, 11) is 0. The van der Waals surface area contributed by atoms with Gasteiger partial charge in [-0.1, -0.05) is 36.0 Å². The maximum absolute atomic E-state index is 13.4. The van der Waals surface area contributed by atoms with Crippen LogP contribution in [0.3, 0.4) is 0 Å². The topological polar surface area (TPSA) is 55.2 Å². The fourth-order valence-electron chi connectivity index (χ4n) is 4.76. The second-order valence-electron chi connectivity index (χ2n) is 8.22. The van der Waals surface area contributed by atoms with Crippen LogP contribution in [0.25, 0.3) is 10.2 Å². The standard InChI is InChI=1S/C24H25N3O2S2/c1-3-12-26-23(29)21-17-9-5-7-11-19(17)31-22(21)25-24(26)30-14-20(28)27-15(2)13-16-8-4-6-10-18(16)27/h3-4,6,8,10,15H,1,5,7,9,11-14H2,2H3. The van der Waals surface area contributed by atoms with Crippen LogP contribution in [-0.2, 0) is 30.6 Å². The Balaban J connectivity index is 1.46. The third-order valence-corrected chi connectivity index (χ3v) is 8.30. The van der Waals surface area contributed by atoms with E-state index in [1.54, 1.807) is 22.0 Å². The monoisotopic (exact) mass is 451 g/mol. The first kappa shape index (κ1) is 20.5. The van der Waals surface area contributed by atoms with E-state index >= 15 is 0 Å². The molecule has 5 nitrogen and oxygen atoms in total. The first-order valence-electron chi connectivity index (χ1n) is 10.8. The van der Waals surface area contributed by atoms with Gasteiger partial charge in [-0.15, -0.1) is 17.9 Å². The number of carbonyl (C=O) groups is 1. The van der Waals surface area contributed by atoms with Gasteiger partial charge in [0.2, 0.25) is 5.91 Å². The van der Waals surface area contributed by atoms with Crippen molar-refractivity contribution in [1.29, 1.82) is 0 Å². The molecule has 2 aliphatic rings. The van der Waals surface area contributed by atoms with E-state index in [-0.39, 0.29) is 23.3 Å². The zero-order valence-corrected chi connectivity index (χ0v) is 19.2. The number of amides is 1. The zero-order valence-electron chi connectivity index (χ0n) is 17.6. The Kier molecular flexibility index (Phi) is 5.48. The van der Waals surface area contributed by atoms with Crippen LogP contribution in [0.4, 0.5) is 5.69 Å². The van der Waals surface area contributed by atoms with E-state index in [1.165, 1.54) is 34.2 Å². The van der Waals surface area contributed by atoms with Crippen molar-refractivity contribution < 1.29 is 4.79 Å². The Bertz CT molecular complexity index is 1240. The smallest absolute Gasteiger partial charge is 0.263 e. The fourth-order valence-corrected chi connectivity index (χ4v) is 6.93. The fraction of sp³-hybridized carbons (Fsp3) is 0.375. The Labute approximate surface area is 189 Å². The molecule has 1 aliphatic heterocycles. The Hall–Kier alpha value is -2.38. The molecule has 7 heteroatoms. The molecule has 1 aliphatic carbocycles. The lowest BCUT2D eigenvalue weighted by atomic mass is 9.97. The predicted molar refractivity (Wildman–Crippen MR) is 129 cm³/mol. The van der Waals surface area contributed by atoms with Gasteiger partial charge in [-0.2, -0.15) is 0 Å². The van der Waals surface area contributed by atoms with Gasteiger partial charge in [0.05, 0.1) is 11.1 Å². The molecule has 0 N–H and O–H groups in total. The number of thioether (sulfide) groups is 1. The summed E-state index contributed by atoms with van der Waals surface area (Å²) < 4.78 is 1.68. The van der Waals surface area contributed by atoms with Crippen molar-refractivity contribution in [3.63, 3.8) is 0 Å². The summed E-state index contributed by atoms with van der Waals surface area (Å²) in [5, 5.41) is 1.38. The quantitative estimate of drug-likeness (QED) is 0.323. The Morgan fingerprint density at radius 3 is 2.97 bits per heavy atom. The van der Waals surface area contributed by atoms with Crippen molar-refractivity contribution >= 4 is 44.9 Å². The number of allylic oxidation sites excluding steroid dienone is 1. The second-order valence-corrected chi connectivity index (χ2v) is 10.3. The molecule has 0 spiro atoms. The SMILES string of the molecule is C=CCn1c(SCC(=O)N2c3ccccc3CC2C)nc2sc3c(c2c1=O)CCCC3. The van der Waals surface area contributed by atoms with E-state index in [2.05, 4.69) is 19.6 Å². The second kappa shape index (κ2) is 8.28. The summed E-state index contributed by atoms with van der Waals surface area (Å²) in [5.41, 5.74) is 3.40. The number of carbonyl (C=O) groups excluding carboxylic acids is 1. The predicted octanol–water partition coefficient (Wildman–Crippen LogP) is 4.59. The summed E-state index contributed by atoms with van der Waals surface area (Å²) in [6.45, 7) is 6.29. The number of aromatic nitrogens is 2. The highest BCUT2D eigenvalue weighted by Crippen LogP contribution is 2.35. The molecule has 0 fully saturated rings. The maximum Gasteiger partial charge on any atom is 0.263 e. The molecule has 1 atom stereocenters. The highest BCUT2D eigenvalue weighted by molar-refractivity contribution is 7.99. The molecule has 0 saturated carbocycles. The van der Waals surface area contributed by atoms with Crippen molar-refractivity contribution in [1.82, 2.24) is 9.55 Å². The van der Waals surface area contributed by atoms with E-state index in [9.17, 15) is 9.59 Å². The maximum atomic E-state index is 13.4. The number of anilines is 1. The molecule has 0 bridgehead atoms. The van der Waals surface area contributed by atoms with Crippen LogP contribution in [0, 0.1) is 0 Å². The van der Waals surface area contributed by atoms with Gasteiger partial charge in [-0.05, 0) is 56.2 Å².